The van der Waals surface area contributed by atoms with E-state index < -0.39 is 30.9 Å². The third-order valence-electron chi connectivity index (χ3n) is 4.38. The number of carboxylic acids is 2. The molecule has 0 fully saturated rings. The Hall–Kier alpha value is -1.65. The molecule has 1 aromatic rings. The molecule has 0 aliphatic rings. The van der Waals surface area contributed by atoms with Crippen LogP contribution in [-0.2, 0) is 14.2 Å². The van der Waals surface area contributed by atoms with Crippen molar-refractivity contribution in [3.8, 4) is 0 Å². The van der Waals surface area contributed by atoms with Crippen molar-refractivity contribution in [3.63, 3.8) is 0 Å². The summed E-state index contributed by atoms with van der Waals surface area (Å²) in [5, 5.41) is 18.6. The van der Waals surface area contributed by atoms with Crippen LogP contribution in [0.25, 0.3) is 0 Å². The second-order valence-corrected chi connectivity index (χ2v) is 8.68. The van der Waals surface area contributed by atoms with Gasteiger partial charge in [-0.3, -0.25) is 14.2 Å². The first-order valence-corrected chi connectivity index (χ1v) is 10.4. The van der Waals surface area contributed by atoms with Crippen LogP contribution in [0.4, 0.5) is 0 Å². The van der Waals surface area contributed by atoms with Gasteiger partial charge in [-0.1, -0.05) is 50.8 Å². The largest absolute Gasteiger partial charge is 0.481 e. The van der Waals surface area contributed by atoms with Gasteiger partial charge in [-0.05, 0) is 25.0 Å². The Kier molecular flexibility index (Phi) is 8.87. The molecule has 1 rings (SSSR count). The number of aliphatic carboxylic acids is 2. The summed E-state index contributed by atoms with van der Waals surface area (Å²) in [7, 11) is -3.95. The average molecular weight is 370 g/mol. The van der Waals surface area contributed by atoms with E-state index in [9.17, 15) is 24.2 Å². The highest BCUT2D eigenvalue weighted by Gasteiger charge is 2.41. The molecule has 7 heteroatoms. The highest BCUT2D eigenvalue weighted by Crippen LogP contribution is 2.51. The molecule has 3 N–H and O–H groups in total. The minimum atomic E-state index is -3.95. The van der Waals surface area contributed by atoms with Crippen molar-refractivity contribution >= 4 is 24.6 Å². The summed E-state index contributed by atoms with van der Waals surface area (Å²) in [6.07, 6.45) is 3.28. The summed E-state index contributed by atoms with van der Waals surface area (Å²) in [6, 6.07) is 8.05. The van der Waals surface area contributed by atoms with Gasteiger partial charge in [0.1, 0.15) is 0 Å². The Morgan fingerprint density at radius 2 is 1.68 bits per heavy atom. The normalized spacial score (nSPS) is 15.9. The zero-order chi connectivity index (χ0) is 18.9. The van der Waals surface area contributed by atoms with Crippen molar-refractivity contribution in [1.29, 1.82) is 0 Å². The lowest BCUT2D eigenvalue weighted by atomic mass is 9.95. The Labute approximate surface area is 148 Å². The zero-order valence-electron chi connectivity index (χ0n) is 14.5. The minimum Gasteiger partial charge on any atom is -0.481 e. The van der Waals surface area contributed by atoms with Crippen molar-refractivity contribution < 1.29 is 29.3 Å². The minimum absolute atomic E-state index is 0.152. The highest BCUT2D eigenvalue weighted by atomic mass is 31.2. The van der Waals surface area contributed by atoms with E-state index in [1.165, 1.54) is 12.1 Å². The topological polar surface area (TPSA) is 112 Å². The van der Waals surface area contributed by atoms with Crippen LogP contribution >= 0.6 is 7.37 Å². The third-order valence-corrected chi connectivity index (χ3v) is 6.94. The molecule has 0 bridgehead atoms. The first kappa shape index (κ1) is 21.4. The molecule has 0 saturated heterocycles. The molecule has 6 nitrogen and oxygen atoms in total. The van der Waals surface area contributed by atoms with E-state index in [1.807, 2.05) is 6.92 Å². The van der Waals surface area contributed by atoms with Crippen molar-refractivity contribution in [2.45, 2.75) is 57.5 Å². The molecule has 0 spiro atoms. The number of unbranched alkanes of at least 4 members (excludes halogenated alkanes) is 3. The summed E-state index contributed by atoms with van der Waals surface area (Å²) >= 11 is 0. The van der Waals surface area contributed by atoms with Gasteiger partial charge in [-0.25, -0.2) is 0 Å². The predicted octanol–water partition coefficient (Wildman–Crippen LogP) is 3.49. The Morgan fingerprint density at radius 1 is 1.04 bits per heavy atom. The van der Waals surface area contributed by atoms with Gasteiger partial charge in [0.15, 0.2) is 0 Å². The molecule has 0 saturated carbocycles. The van der Waals surface area contributed by atoms with E-state index in [4.69, 9.17) is 5.11 Å². The molecule has 25 heavy (non-hydrogen) atoms. The lowest BCUT2D eigenvalue weighted by Gasteiger charge is -2.28. The van der Waals surface area contributed by atoms with Gasteiger partial charge in [0.25, 0.3) is 0 Å². The fraction of sp³-hybridized carbons (Fsp3) is 0.556. The fourth-order valence-corrected chi connectivity index (χ4v) is 5.27. The Bertz CT molecular complexity index is 601. The smallest absolute Gasteiger partial charge is 0.307 e. The van der Waals surface area contributed by atoms with Gasteiger partial charge in [0, 0.05) is 11.7 Å². The molecule has 1 aromatic carbocycles. The van der Waals surface area contributed by atoms with Crippen LogP contribution in [0, 0.1) is 5.92 Å². The summed E-state index contributed by atoms with van der Waals surface area (Å²) in [5.41, 5.74) is -0.983. The monoisotopic (exact) mass is 370 g/mol. The molecule has 0 aliphatic carbocycles. The maximum atomic E-state index is 13.1. The average Bonchev–Trinajstić information content (AvgIpc) is 2.57. The van der Waals surface area contributed by atoms with E-state index in [-0.39, 0.29) is 18.1 Å². The van der Waals surface area contributed by atoms with E-state index in [0.717, 1.165) is 19.3 Å². The van der Waals surface area contributed by atoms with Gasteiger partial charge < -0.3 is 15.1 Å². The Balaban J connectivity index is 3.10. The van der Waals surface area contributed by atoms with Crippen molar-refractivity contribution in [2.75, 3.05) is 0 Å². The summed E-state index contributed by atoms with van der Waals surface area (Å²) in [6.45, 7) is 2.05. The van der Waals surface area contributed by atoms with Crippen LogP contribution in [-0.4, -0.2) is 32.7 Å². The number of benzene rings is 1. The summed E-state index contributed by atoms with van der Waals surface area (Å²) in [4.78, 5) is 33.3. The number of carbonyl (C=O) groups is 2. The molecule has 3 atom stereocenters. The second kappa shape index (κ2) is 10.4. The van der Waals surface area contributed by atoms with Gasteiger partial charge in [0.05, 0.1) is 11.6 Å². The molecule has 140 valence electrons. The standard InChI is InChI=1S/C18H27O6P/c1-2-3-4-8-11-16(15(18(21)22)12-13-17(19)20)25(23,24)14-9-6-5-7-10-14/h5-7,9-10,15-16H,2-4,8,11-13H2,1H3,(H,19,20)(H,21,22)(H,23,24). The predicted molar refractivity (Wildman–Crippen MR) is 96.4 cm³/mol. The van der Waals surface area contributed by atoms with E-state index in [2.05, 4.69) is 0 Å². The van der Waals surface area contributed by atoms with Crippen LogP contribution in [0.3, 0.4) is 0 Å². The fourth-order valence-electron chi connectivity index (χ4n) is 2.99. The molecule has 0 heterocycles. The van der Waals surface area contributed by atoms with E-state index in [1.54, 1.807) is 18.2 Å². The summed E-state index contributed by atoms with van der Waals surface area (Å²) < 4.78 is 13.1. The van der Waals surface area contributed by atoms with Gasteiger partial charge >= 0.3 is 11.9 Å². The molecule has 0 radical (unpaired) electrons. The lowest BCUT2D eigenvalue weighted by molar-refractivity contribution is -0.143. The number of carboxylic acid groups (broad SMARTS) is 2. The van der Waals surface area contributed by atoms with Crippen LogP contribution in [0.15, 0.2) is 30.3 Å². The zero-order valence-corrected chi connectivity index (χ0v) is 15.4. The number of hydrogen-bond donors (Lipinski definition) is 3. The molecule has 0 amide bonds. The molecule has 0 aromatic heterocycles. The molecule has 3 unspecified atom stereocenters. The van der Waals surface area contributed by atoms with Crippen LogP contribution in [0.1, 0.15) is 51.9 Å². The number of rotatable bonds is 12. The second-order valence-electron chi connectivity index (χ2n) is 6.25. The van der Waals surface area contributed by atoms with Crippen molar-refractivity contribution in [1.82, 2.24) is 0 Å². The van der Waals surface area contributed by atoms with Gasteiger partial charge in [-0.15, -0.1) is 0 Å². The van der Waals surface area contributed by atoms with Gasteiger partial charge in [-0.2, -0.15) is 0 Å². The Morgan fingerprint density at radius 3 is 2.20 bits per heavy atom. The number of hydrogen-bond acceptors (Lipinski definition) is 3. The molecular formula is C18H27O6P. The van der Waals surface area contributed by atoms with Crippen molar-refractivity contribution in [2.24, 2.45) is 5.92 Å². The summed E-state index contributed by atoms with van der Waals surface area (Å²) in [5.74, 6) is -3.48. The maximum absolute atomic E-state index is 13.1. The van der Waals surface area contributed by atoms with Gasteiger partial charge in [0.2, 0.25) is 7.37 Å². The quantitative estimate of drug-likeness (QED) is 0.384. The van der Waals surface area contributed by atoms with Crippen LogP contribution in [0.5, 0.6) is 0 Å². The van der Waals surface area contributed by atoms with E-state index >= 15 is 0 Å². The maximum Gasteiger partial charge on any atom is 0.307 e. The third kappa shape index (κ3) is 6.63. The van der Waals surface area contributed by atoms with Crippen LogP contribution in [0.2, 0.25) is 0 Å². The highest BCUT2D eigenvalue weighted by molar-refractivity contribution is 7.66. The lowest BCUT2D eigenvalue weighted by Crippen LogP contribution is -2.32. The molecular weight excluding hydrogens is 343 g/mol. The van der Waals surface area contributed by atoms with Crippen LogP contribution < -0.4 is 5.30 Å². The van der Waals surface area contributed by atoms with Crippen molar-refractivity contribution in [3.05, 3.63) is 30.3 Å². The first-order valence-electron chi connectivity index (χ1n) is 8.63. The SMILES string of the molecule is CCCCCCC(C(CCC(=O)O)C(=O)O)P(=O)(O)c1ccccc1. The molecule has 0 aliphatic heterocycles. The first-order chi connectivity index (χ1) is 11.8. The van der Waals surface area contributed by atoms with E-state index in [0.29, 0.717) is 12.8 Å².